The third kappa shape index (κ3) is 5.32. The molecule has 6 heteroatoms. The lowest BCUT2D eigenvalue weighted by atomic mass is 9.99. The van der Waals surface area contributed by atoms with Gasteiger partial charge in [0.05, 0.1) is 16.2 Å². The first-order valence-electron chi connectivity index (χ1n) is 11.5. The van der Waals surface area contributed by atoms with Gasteiger partial charge in [-0.2, -0.15) is 0 Å². The van der Waals surface area contributed by atoms with Crippen LogP contribution in [0.3, 0.4) is 0 Å². The van der Waals surface area contributed by atoms with Gasteiger partial charge in [-0.05, 0) is 85.6 Å². The van der Waals surface area contributed by atoms with Crippen LogP contribution in [-0.2, 0) is 13.0 Å². The first kappa shape index (κ1) is 24.0. The molecule has 1 heterocycles. The first-order chi connectivity index (χ1) is 16.4. The van der Waals surface area contributed by atoms with Crippen molar-refractivity contribution in [1.29, 1.82) is 0 Å². The molecule has 3 aromatic carbocycles. The van der Waals surface area contributed by atoms with Gasteiger partial charge in [-0.15, -0.1) is 0 Å². The van der Waals surface area contributed by atoms with Gasteiger partial charge < -0.3 is 15.3 Å². The van der Waals surface area contributed by atoms with E-state index in [2.05, 4.69) is 60.5 Å². The first-order valence-corrected chi connectivity index (χ1v) is 11.8. The molecule has 0 spiro atoms. The molecular weight excluding hydrogens is 449 g/mol. The molecule has 34 heavy (non-hydrogen) atoms. The number of phenolic OH excluding ortho intramolecular Hbond substituents is 1. The van der Waals surface area contributed by atoms with E-state index in [1.165, 1.54) is 11.6 Å². The number of halogens is 2. The Balaban J connectivity index is 1.79. The van der Waals surface area contributed by atoms with E-state index in [1.54, 1.807) is 6.07 Å². The van der Waals surface area contributed by atoms with Gasteiger partial charge in [0.1, 0.15) is 0 Å². The maximum atomic E-state index is 14.2. The van der Waals surface area contributed by atoms with Crippen LogP contribution in [0.1, 0.15) is 30.9 Å². The van der Waals surface area contributed by atoms with Crippen LogP contribution in [0.25, 0.3) is 22.0 Å². The fourth-order valence-corrected chi connectivity index (χ4v) is 4.26. The number of anilines is 2. The van der Waals surface area contributed by atoms with E-state index in [1.807, 2.05) is 24.4 Å². The number of benzene rings is 3. The molecule has 4 rings (SSSR count). The van der Waals surface area contributed by atoms with Crippen LogP contribution >= 0.6 is 11.6 Å². The number of fused-ring (bicyclic) bond motifs is 1. The lowest BCUT2D eigenvalue weighted by Crippen LogP contribution is -2.10. The molecule has 0 atom stereocenters. The smallest absolute Gasteiger partial charge is 0.170 e. The number of rotatable bonds is 8. The van der Waals surface area contributed by atoms with E-state index < -0.39 is 11.6 Å². The summed E-state index contributed by atoms with van der Waals surface area (Å²) >= 11 is 6.03. The van der Waals surface area contributed by atoms with Gasteiger partial charge in [0.15, 0.2) is 11.6 Å². The van der Waals surface area contributed by atoms with E-state index >= 15 is 0 Å². The molecule has 0 unspecified atom stereocenters. The number of hydrogen-bond acceptors (Lipinski definition) is 4. The number of hydrogen-bond donors (Lipinski definition) is 2. The Morgan fingerprint density at radius 3 is 2.47 bits per heavy atom. The highest BCUT2D eigenvalue weighted by Gasteiger charge is 2.14. The number of aryl methyl sites for hydroxylation is 1. The molecule has 1 aromatic heterocycles. The third-order valence-electron chi connectivity index (χ3n) is 5.82. The normalized spacial score (nSPS) is 11.4. The van der Waals surface area contributed by atoms with Gasteiger partial charge in [0.25, 0.3) is 0 Å². The Hall–Kier alpha value is -3.15. The molecule has 0 saturated carbocycles. The van der Waals surface area contributed by atoms with Crippen molar-refractivity contribution < 1.29 is 9.50 Å². The van der Waals surface area contributed by atoms with Crippen LogP contribution in [0.5, 0.6) is 5.75 Å². The van der Waals surface area contributed by atoms with E-state index in [4.69, 9.17) is 11.6 Å². The number of phenols is 1. The fraction of sp³-hybridized carbons (Fsp3) is 0.250. The molecule has 0 fully saturated rings. The molecule has 4 aromatic rings. The van der Waals surface area contributed by atoms with Crippen LogP contribution in [0, 0.1) is 5.82 Å². The minimum absolute atomic E-state index is 0.0129. The Labute approximate surface area is 205 Å². The minimum Gasteiger partial charge on any atom is -0.504 e. The SMILES string of the molecule is CCCCc1cnc2ccc(-c3cc(F)c(O)c(Cl)c3)cc2c1Nc1ccc(CN(C)C)cc1. The molecule has 0 aliphatic rings. The number of nitrogens with zero attached hydrogens (tertiary/aromatic N) is 2. The van der Waals surface area contributed by atoms with Gasteiger partial charge in [0, 0.05) is 23.8 Å². The molecule has 2 N–H and O–H groups in total. The van der Waals surface area contributed by atoms with Crippen molar-refractivity contribution in [3.63, 3.8) is 0 Å². The van der Waals surface area contributed by atoms with E-state index in [9.17, 15) is 9.50 Å². The number of nitrogens with one attached hydrogen (secondary N) is 1. The monoisotopic (exact) mass is 477 g/mol. The summed E-state index contributed by atoms with van der Waals surface area (Å²) in [6.07, 6.45) is 4.99. The summed E-state index contributed by atoms with van der Waals surface area (Å²) in [5.41, 5.74) is 6.63. The molecule has 0 aliphatic heterocycles. The molecule has 4 nitrogen and oxygen atoms in total. The maximum Gasteiger partial charge on any atom is 0.170 e. The Morgan fingerprint density at radius 1 is 1.03 bits per heavy atom. The lowest BCUT2D eigenvalue weighted by Gasteiger charge is -2.17. The molecule has 0 aliphatic carbocycles. The summed E-state index contributed by atoms with van der Waals surface area (Å²) in [5.74, 6) is -1.27. The summed E-state index contributed by atoms with van der Waals surface area (Å²) in [4.78, 5) is 6.82. The van der Waals surface area contributed by atoms with Gasteiger partial charge in [-0.25, -0.2) is 4.39 Å². The summed E-state index contributed by atoms with van der Waals surface area (Å²) in [6, 6.07) is 17.1. The molecule has 0 amide bonds. The van der Waals surface area contributed by atoms with Gasteiger partial charge >= 0.3 is 0 Å². The lowest BCUT2D eigenvalue weighted by molar-refractivity contribution is 0.402. The van der Waals surface area contributed by atoms with Crippen molar-refractivity contribution in [2.24, 2.45) is 0 Å². The van der Waals surface area contributed by atoms with Gasteiger partial charge in [-0.3, -0.25) is 4.98 Å². The molecule has 176 valence electrons. The van der Waals surface area contributed by atoms with Crippen LogP contribution in [0.4, 0.5) is 15.8 Å². The summed E-state index contributed by atoms with van der Waals surface area (Å²) in [6.45, 7) is 3.06. The predicted molar refractivity (Wildman–Crippen MR) is 140 cm³/mol. The maximum absolute atomic E-state index is 14.2. The van der Waals surface area contributed by atoms with Crippen LogP contribution in [-0.4, -0.2) is 29.1 Å². The highest BCUT2D eigenvalue weighted by Crippen LogP contribution is 2.36. The third-order valence-corrected chi connectivity index (χ3v) is 6.11. The van der Waals surface area contributed by atoms with Gasteiger partial charge in [-0.1, -0.05) is 43.1 Å². The average Bonchev–Trinajstić information content (AvgIpc) is 2.82. The van der Waals surface area contributed by atoms with Crippen LogP contribution < -0.4 is 5.32 Å². The highest BCUT2D eigenvalue weighted by atomic mass is 35.5. The van der Waals surface area contributed by atoms with Crippen LogP contribution in [0.2, 0.25) is 5.02 Å². The Kier molecular flexibility index (Phi) is 7.35. The fourth-order valence-electron chi connectivity index (χ4n) is 4.05. The van der Waals surface area contributed by atoms with Crippen molar-refractivity contribution >= 4 is 33.9 Å². The zero-order chi connectivity index (χ0) is 24.2. The van der Waals surface area contributed by atoms with Crippen molar-refractivity contribution in [2.45, 2.75) is 32.7 Å². The van der Waals surface area contributed by atoms with E-state index in [0.717, 1.165) is 59.2 Å². The molecule has 0 radical (unpaired) electrons. The largest absolute Gasteiger partial charge is 0.504 e. The second-order valence-electron chi connectivity index (χ2n) is 8.84. The van der Waals surface area contributed by atoms with Crippen LogP contribution in [0.15, 0.2) is 60.8 Å². The quantitative estimate of drug-likeness (QED) is 0.275. The summed E-state index contributed by atoms with van der Waals surface area (Å²) in [5, 5.41) is 14.3. The van der Waals surface area contributed by atoms with Crippen molar-refractivity contribution in [3.05, 3.63) is 82.8 Å². The average molecular weight is 478 g/mol. The second-order valence-corrected chi connectivity index (χ2v) is 9.25. The number of aromatic hydroxyl groups is 1. The number of unbranched alkanes of at least 4 members (excludes halogenated alkanes) is 1. The second kappa shape index (κ2) is 10.4. The molecule has 0 saturated heterocycles. The van der Waals surface area contributed by atoms with Crippen molar-refractivity contribution in [3.8, 4) is 16.9 Å². The van der Waals surface area contributed by atoms with E-state index in [0.29, 0.717) is 5.56 Å². The molecule has 0 bridgehead atoms. The van der Waals surface area contributed by atoms with Crippen molar-refractivity contribution in [2.75, 3.05) is 19.4 Å². The predicted octanol–water partition coefficient (Wildman–Crippen LogP) is 7.55. The van der Waals surface area contributed by atoms with Gasteiger partial charge in [0.2, 0.25) is 0 Å². The summed E-state index contributed by atoms with van der Waals surface area (Å²) in [7, 11) is 4.11. The minimum atomic E-state index is -0.742. The number of aromatic nitrogens is 1. The van der Waals surface area contributed by atoms with E-state index in [-0.39, 0.29) is 5.02 Å². The Morgan fingerprint density at radius 2 is 1.79 bits per heavy atom. The summed E-state index contributed by atoms with van der Waals surface area (Å²) < 4.78 is 14.2. The molecular formula is C28H29ClFN3O. The Bertz CT molecular complexity index is 1280. The topological polar surface area (TPSA) is 48.4 Å². The standard InChI is InChI=1S/C28H29ClFN3O/c1-4-5-6-20-16-31-26-12-9-19(21-14-24(29)28(34)25(30)15-21)13-23(26)27(20)32-22-10-7-18(8-11-22)17-33(2)3/h7-16,34H,4-6,17H2,1-3H3,(H,31,32). The zero-order valence-electron chi connectivity index (χ0n) is 19.7. The number of pyridine rings is 1. The highest BCUT2D eigenvalue weighted by molar-refractivity contribution is 6.32. The zero-order valence-corrected chi connectivity index (χ0v) is 20.5. The van der Waals surface area contributed by atoms with Crippen molar-refractivity contribution in [1.82, 2.24) is 9.88 Å².